The molecule has 0 atom stereocenters. The van der Waals surface area contributed by atoms with Gasteiger partial charge in [-0.1, -0.05) is 6.92 Å². The Labute approximate surface area is 64.4 Å². The number of nitrogens with zero attached hydrogens (tertiary/aromatic N) is 2. The van der Waals surface area contributed by atoms with Gasteiger partial charge in [-0.3, -0.25) is 4.79 Å². The SMILES string of the molecule is CCc1nnccc1C(N)=O. The molecule has 58 valence electrons. The third kappa shape index (κ3) is 1.52. The van der Waals surface area contributed by atoms with E-state index in [2.05, 4.69) is 10.2 Å². The molecule has 1 aromatic heterocycles. The molecule has 0 bridgehead atoms. The van der Waals surface area contributed by atoms with Crippen molar-refractivity contribution in [1.29, 1.82) is 0 Å². The molecule has 1 aromatic rings. The van der Waals surface area contributed by atoms with E-state index in [-0.39, 0.29) is 0 Å². The summed E-state index contributed by atoms with van der Waals surface area (Å²) < 4.78 is 0. The number of nitrogens with two attached hydrogens (primary N) is 1. The van der Waals surface area contributed by atoms with Crippen molar-refractivity contribution in [3.05, 3.63) is 23.5 Å². The number of carbonyl (C=O) groups excluding carboxylic acids is 1. The summed E-state index contributed by atoms with van der Waals surface area (Å²) in [6.45, 7) is 1.90. The largest absolute Gasteiger partial charge is 0.366 e. The molecule has 0 aliphatic carbocycles. The summed E-state index contributed by atoms with van der Waals surface area (Å²) in [4.78, 5) is 10.7. The molecule has 0 unspecified atom stereocenters. The average molecular weight is 151 g/mol. The van der Waals surface area contributed by atoms with Gasteiger partial charge in [0.05, 0.1) is 17.5 Å². The molecule has 2 N–H and O–H groups in total. The maximum Gasteiger partial charge on any atom is 0.250 e. The summed E-state index contributed by atoms with van der Waals surface area (Å²) in [6.07, 6.45) is 2.13. The second-order valence-corrected chi connectivity index (χ2v) is 2.11. The van der Waals surface area contributed by atoms with Gasteiger partial charge in [0.25, 0.3) is 5.91 Å². The van der Waals surface area contributed by atoms with Crippen molar-refractivity contribution in [2.24, 2.45) is 5.73 Å². The summed E-state index contributed by atoms with van der Waals surface area (Å²) in [6, 6.07) is 1.58. The van der Waals surface area contributed by atoms with E-state index in [1.54, 1.807) is 6.07 Å². The number of rotatable bonds is 2. The van der Waals surface area contributed by atoms with Crippen molar-refractivity contribution < 1.29 is 4.79 Å². The lowest BCUT2D eigenvalue weighted by Gasteiger charge is -1.98. The van der Waals surface area contributed by atoms with Gasteiger partial charge in [0.2, 0.25) is 0 Å². The van der Waals surface area contributed by atoms with E-state index in [0.717, 1.165) is 0 Å². The standard InChI is InChI=1S/C7H9N3O/c1-2-6-5(7(8)11)3-4-9-10-6/h3-4H,2H2,1H3,(H2,8,11). The minimum absolute atomic E-state index is 0.447. The van der Waals surface area contributed by atoms with Gasteiger partial charge >= 0.3 is 0 Å². The van der Waals surface area contributed by atoms with Gasteiger partial charge in [-0.15, -0.1) is 0 Å². The van der Waals surface area contributed by atoms with Crippen molar-refractivity contribution in [2.45, 2.75) is 13.3 Å². The Bertz CT molecular complexity index is 272. The van der Waals surface area contributed by atoms with Crippen LogP contribution in [0.5, 0.6) is 0 Å². The fraction of sp³-hybridized carbons (Fsp3) is 0.286. The third-order valence-electron chi connectivity index (χ3n) is 1.40. The molecule has 1 amide bonds. The van der Waals surface area contributed by atoms with Crippen LogP contribution in [0.1, 0.15) is 23.0 Å². The summed E-state index contributed by atoms with van der Waals surface area (Å²) in [7, 11) is 0. The quantitative estimate of drug-likeness (QED) is 0.653. The number of amides is 1. The fourth-order valence-electron chi connectivity index (χ4n) is 0.846. The highest BCUT2D eigenvalue weighted by Gasteiger charge is 2.06. The van der Waals surface area contributed by atoms with Crippen molar-refractivity contribution in [2.75, 3.05) is 0 Å². The van der Waals surface area contributed by atoms with Gasteiger partial charge in [-0.05, 0) is 12.5 Å². The normalized spacial score (nSPS) is 9.55. The van der Waals surface area contributed by atoms with E-state index >= 15 is 0 Å². The Morgan fingerprint density at radius 2 is 2.45 bits per heavy atom. The molecule has 0 spiro atoms. The first kappa shape index (κ1) is 7.65. The molecule has 1 heterocycles. The van der Waals surface area contributed by atoms with Crippen LogP contribution in [0.3, 0.4) is 0 Å². The molecule has 0 aliphatic rings. The molecule has 4 nitrogen and oxygen atoms in total. The molecular weight excluding hydrogens is 142 g/mol. The van der Waals surface area contributed by atoms with E-state index in [1.807, 2.05) is 6.92 Å². The zero-order valence-electron chi connectivity index (χ0n) is 6.24. The number of aryl methyl sites for hydroxylation is 1. The Hall–Kier alpha value is -1.45. The first-order valence-electron chi connectivity index (χ1n) is 3.36. The van der Waals surface area contributed by atoms with E-state index in [4.69, 9.17) is 5.73 Å². The maximum absolute atomic E-state index is 10.7. The van der Waals surface area contributed by atoms with Gasteiger partial charge in [0, 0.05) is 0 Å². The van der Waals surface area contributed by atoms with Gasteiger partial charge < -0.3 is 5.73 Å². The highest BCUT2D eigenvalue weighted by molar-refractivity contribution is 5.93. The average Bonchev–Trinajstić information content (AvgIpc) is 2.04. The van der Waals surface area contributed by atoms with E-state index in [1.165, 1.54) is 6.20 Å². The molecule has 11 heavy (non-hydrogen) atoms. The minimum atomic E-state index is -0.447. The lowest BCUT2D eigenvalue weighted by atomic mass is 10.2. The van der Waals surface area contributed by atoms with Gasteiger partial charge in [-0.25, -0.2) is 0 Å². The van der Waals surface area contributed by atoms with Crippen LogP contribution in [0.4, 0.5) is 0 Å². The molecular formula is C7H9N3O. The van der Waals surface area contributed by atoms with E-state index in [0.29, 0.717) is 17.7 Å². The Morgan fingerprint density at radius 3 is 2.91 bits per heavy atom. The molecule has 0 aromatic carbocycles. The Balaban J connectivity index is 3.12. The molecule has 0 fully saturated rings. The third-order valence-corrected chi connectivity index (χ3v) is 1.40. The summed E-state index contributed by atoms with van der Waals surface area (Å²) in [5.41, 5.74) is 6.20. The number of hydrogen-bond acceptors (Lipinski definition) is 3. The van der Waals surface area contributed by atoms with Crippen LogP contribution in [0.25, 0.3) is 0 Å². The van der Waals surface area contributed by atoms with Gasteiger partial charge in [0.15, 0.2) is 0 Å². The number of aromatic nitrogens is 2. The highest BCUT2D eigenvalue weighted by atomic mass is 16.1. The molecule has 0 aliphatic heterocycles. The second kappa shape index (κ2) is 3.09. The smallest absolute Gasteiger partial charge is 0.250 e. The van der Waals surface area contributed by atoms with Gasteiger partial charge in [-0.2, -0.15) is 10.2 Å². The molecule has 0 radical (unpaired) electrons. The number of primary amides is 1. The number of carbonyl (C=O) groups is 1. The van der Waals surface area contributed by atoms with Crippen LogP contribution >= 0.6 is 0 Å². The zero-order valence-corrected chi connectivity index (χ0v) is 6.24. The molecule has 0 saturated carbocycles. The first-order chi connectivity index (χ1) is 5.25. The topological polar surface area (TPSA) is 68.9 Å². The van der Waals surface area contributed by atoms with E-state index < -0.39 is 5.91 Å². The predicted octanol–water partition coefficient (Wildman–Crippen LogP) is 0.138. The van der Waals surface area contributed by atoms with Crippen LogP contribution in [0.2, 0.25) is 0 Å². The molecule has 0 saturated heterocycles. The van der Waals surface area contributed by atoms with Crippen LogP contribution in [0, 0.1) is 0 Å². The summed E-state index contributed by atoms with van der Waals surface area (Å²) in [5, 5.41) is 7.41. The van der Waals surface area contributed by atoms with Crippen molar-refractivity contribution in [3.63, 3.8) is 0 Å². The van der Waals surface area contributed by atoms with E-state index in [9.17, 15) is 4.79 Å². The molecule has 4 heteroatoms. The minimum Gasteiger partial charge on any atom is -0.366 e. The Morgan fingerprint density at radius 1 is 1.73 bits per heavy atom. The summed E-state index contributed by atoms with van der Waals surface area (Å²) in [5.74, 6) is -0.447. The lowest BCUT2D eigenvalue weighted by Crippen LogP contribution is -2.14. The zero-order chi connectivity index (χ0) is 8.27. The van der Waals surface area contributed by atoms with Crippen LogP contribution in [-0.2, 0) is 6.42 Å². The monoisotopic (exact) mass is 151 g/mol. The second-order valence-electron chi connectivity index (χ2n) is 2.11. The molecule has 1 rings (SSSR count). The van der Waals surface area contributed by atoms with Crippen LogP contribution in [-0.4, -0.2) is 16.1 Å². The first-order valence-corrected chi connectivity index (χ1v) is 3.36. The van der Waals surface area contributed by atoms with Crippen molar-refractivity contribution in [1.82, 2.24) is 10.2 Å². The van der Waals surface area contributed by atoms with Gasteiger partial charge in [0.1, 0.15) is 0 Å². The van der Waals surface area contributed by atoms with Crippen LogP contribution in [0.15, 0.2) is 12.3 Å². The predicted molar refractivity (Wildman–Crippen MR) is 39.9 cm³/mol. The maximum atomic E-state index is 10.7. The Kier molecular flexibility index (Phi) is 2.15. The van der Waals surface area contributed by atoms with Crippen molar-refractivity contribution in [3.8, 4) is 0 Å². The van der Waals surface area contributed by atoms with Crippen LogP contribution < -0.4 is 5.73 Å². The lowest BCUT2D eigenvalue weighted by molar-refractivity contribution is 0.0999. The van der Waals surface area contributed by atoms with Crippen molar-refractivity contribution >= 4 is 5.91 Å². The summed E-state index contributed by atoms with van der Waals surface area (Å²) >= 11 is 0. The number of hydrogen-bond donors (Lipinski definition) is 1. The highest BCUT2D eigenvalue weighted by Crippen LogP contribution is 2.02. The fourth-order valence-corrected chi connectivity index (χ4v) is 0.846.